The van der Waals surface area contributed by atoms with Gasteiger partial charge in [0.2, 0.25) is 5.95 Å². The van der Waals surface area contributed by atoms with Crippen LogP contribution < -0.4 is 15.5 Å². The van der Waals surface area contributed by atoms with E-state index >= 15 is 0 Å². The second-order valence-electron chi connectivity index (χ2n) is 9.29. The number of para-hydroxylation sites is 2. The van der Waals surface area contributed by atoms with Crippen LogP contribution in [0.4, 0.5) is 20.5 Å². The van der Waals surface area contributed by atoms with Gasteiger partial charge >= 0.3 is 0 Å². The molecule has 8 nitrogen and oxygen atoms in total. The largest absolute Gasteiger partial charge is 0.378 e. The van der Waals surface area contributed by atoms with E-state index in [1.807, 2.05) is 6.07 Å². The molecular weight excluding hydrogens is 464 g/mol. The van der Waals surface area contributed by atoms with Crippen LogP contribution in [-0.2, 0) is 4.74 Å². The van der Waals surface area contributed by atoms with Crippen LogP contribution in [0.3, 0.4) is 0 Å². The number of terminal acetylenes is 1. The van der Waals surface area contributed by atoms with Crippen LogP contribution >= 0.6 is 0 Å². The van der Waals surface area contributed by atoms with Crippen molar-refractivity contribution in [3.8, 4) is 18.2 Å². The molecule has 2 aromatic heterocycles. The maximum Gasteiger partial charge on any atom is 0.296 e. The topological polar surface area (TPSA) is 80.1 Å². The highest BCUT2D eigenvalue weighted by atomic mass is 19.3. The number of aromatic nitrogens is 4. The Morgan fingerprint density at radius 1 is 1.06 bits per heavy atom. The van der Waals surface area contributed by atoms with E-state index in [4.69, 9.17) is 16.1 Å². The number of hydrogen-bond acceptors (Lipinski definition) is 7. The van der Waals surface area contributed by atoms with Gasteiger partial charge in [0, 0.05) is 31.7 Å². The van der Waals surface area contributed by atoms with Crippen LogP contribution in [0.1, 0.15) is 37.9 Å². The zero-order valence-electron chi connectivity index (χ0n) is 20.2. The SMILES string of the molecule is C#CCN[C@H]1CC[C@H](CNc2nc(N3CCOCC3)cc(-n3c(C(F)F)nc4ccccc43)n2)CC1. The lowest BCUT2D eigenvalue weighted by Gasteiger charge is -2.30. The molecule has 3 heterocycles. The lowest BCUT2D eigenvalue weighted by Crippen LogP contribution is -2.37. The van der Waals surface area contributed by atoms with E-state index in [0.29, 0.717) is 73.4 Å². The van der Waals surface area contributed by atoms with Gasteiger partial charge in [-0.25, -0.2) is 13.8 Å². The molecule has 190 valence electrons. The first-order valence-corrected chi connectivity index (χ1v) is 12.5. The van der Waals surface area contributed by atoms with Crippen molar-refractivity contribution in [2.24, 2.45) is 5.92 Å². The molecule has 0 bridgehead atoms. The maximum atomic E-state index is 14.0. The van der Waals surface area contributed by atoms with Crippen molar-refractivity contribution in [2.75, 3.05) is 49.6 Å². The summed E-state index contributed by atoms with van der Waals surface area (Å²) in [7, 11) is 0. The highest BCUT2D eigenvalue weighted by Crippen LogP contribution is 2.30. The number of benzene rings is 1. The number of alkyl halides is 2. The van der Waals surface area contributed by atoms with Gasteiger partial charge < -0.3 is 20.3 Å². The third kappa shape index (κ3) is 5.42. The molecule has 1 aromatic carbocycles. The quantitative estimate of drug-likeness (QED) is 0.461. The monoisotopic (exact) mass is 495 g/mol. The van der Waals surface area contributed by atoms with E-state index in [9.17, 15) is 8.78 Å². The molecule has 2 aliphatic rings. The third-order valence-corrected chi connectivity index (χ3v) is 6.93. The number of morpholine rings is 1. The smallest absolute Gasteiger partial charge is 0.296 e. The minimum Gasteiger partial charge on any atom is -0.378 e. The van der Waals surface area contributed by atoms with Crippen molar-refractivity contribution in [1.29, 1.82) is 0 Å². The summed E-state index contributed by atoms with van der Waals surface area (Å²) in [5.74, 6) is 4.29. The van der Waals surface area contributed by atoms with Gasteiger partial charge in [0.15, 0.2) is 5.82 Å². The first kappa shape index (κ1) is 24.4. The van der Waals surface area contributed by atoms with E-state index in [0.717, 1.165) is 32.2 Å². The molecule has 1 aliphatic heterocycles. The van der Waals surface area contributed by atoms with Crippen LogP contribution in [0.25, 0.3) is 16.9 Å². The fourth-order valence-corrected chi connectivity index (χ4v) is 5.01. The second kappa shape index (κ2) is 11.2. The van der Waals surface area contributed by atoms with E-state index in [1.54, 1.807) is 24.3 Å². The number of halogens is 2. The average Bonchev–Trinajstić information content (AvgIpc) is 3.32. The molecule has 0 spiro atoms. The summed E-state index contributed by atoms with van der Waals surface area (Å²) in [6.45, 7) is 3.86. The number of imidazole rings is 1. The molecule has 2 fully saturated rings. The fourth-order valence-electron chi connectivity index (χ4n) is 5.01. The Kier molecular flexibility index (Phi) is 7.58. The summed E-state index contributed by atoms with van der Waals surface area (Å²) in [6.07, 6.45) is 6.92. The van der Waals surface area contributed by atoms with Crippen molar-refractivity contribution in [1.82, 2.24) is 24.8 Å². The van der Waals surface area contributed by atoms with Gasteiger partial charge in [0.25, 0.3) is 6.43 Å². The van der Waals surface area contributed by atoms with Gasteiger partial charge in [-0.05, 0) is 43.7 Å². The molecule has 2 N–H and O–H groups in total. The van der Waals surface area contributed by atoms with Crippen LogP contribution in [0.2, 0.25) is 0 Å². The number of nitrogens with zero attached hydrogens (tertiary/aromatic N) is 5. The first-order chi connectivity index (χ1) is 17.6. The Morgan fingerprint density at radius 3 is 2.56 bits per heavy atom. The number of hydrogen-bond donors (Lipinski definition) is 2. The second-order valence-corrected chi connectivity index (χ2v) is 9.29. The van der Waals surface area contributed by atoms with E-state index < -0.39 is 6.43 Å². The highest BCUT2D eigenvalue weighted by Gasteiger charge is 2.24. The Morgan fingerprint density at radius 2 is 1.81 bits per heavy atom. The molecule has 0 unspecified atom stereocenters. The van der Waals surface area contributed by atoms with Gasteiger partial charge in [-0.2, -0.15) is 9.97 Å². The van der Waals surface area contributed by atoms with Crippen molar-refractivity contribution >= 4 is 22.8 Å². The Bertz CT molecular complexity index is 1210. The Balaban J connectivity index is 1.42. The van der Waals surface area contributed by atoms with Gasteiger partial charge in [0.05, 0.1) is 30.8 Å². The first-order valence-electron chi connectivity index (χ1n) is 12.5. The number of ether oxygens (including phenoxy) is 1. The maximum absolute atomic E-state index is 14.0. The minimum atomic E-state index is -2.74. The number of anilines is 2. The van der Waals surface area contributed by atoms with Crippen molar-refractivity contribution in [3.05, 3.63) is 36.2 Å². The molecule has 3 aromatic rings. The van der Waals surface area contributed by atoms with E-state index in [1.165, 1.54) is 4.57 Å². The number of fused-ring (bicyclic) bond motifs is 1. The predicted octanol–water partition coefficient (Wildman–Crippen LogP) is 3.78. The molecule has 0 atom stereocenters. The summed E-state index contributed by atoms with van der Waals surface area (Å²) in [6, 6.07) is 9.34. The van der Waals surface area contributed by atoms with Gasteiger partial charge in [-0.15, -0.1) is 6.42 Å². The van der Waals surface area contributed by atoms with Gasteiger partial charge in [0.1, 0.15) is 11.6 Å². The molecule has 36 heavy (non-hydrogen) atoms. The standard InChI is InChI=1S/C26H31F2N7O/c1-2-11-29-19-9-7-18(8-10-19)17-30-26-32-22(34-12-14-36-15-13-34)16-23(33-26)35-21-6-4-3-5-20(21)31-25(35)24(27)28/h1,3-6,16,18-19,24,29H,7-15,17H2,(H,30,32,33)/t18-,19-. The van der Waals surface area contributed by atoms with E-state index in [2.05, 4.69) is 31.4 Å². The lowest BCUT2D eigenvalue weighted by molar-refractivity contribution is 0.122. The molecule has 5 rings (SSSR count). The van der Waals surface area contributed by atoms with E-state index in [-0.39, 0.29) is 5.82 Å². The zero-order chi connectivity index (χ0) is 24.9. The molecular formula is C26H31F2N7O. The van der Waals surface area contributed by atoms with Crippen molar-refractivity contribution in [3.63, 3.8) is 0 Å². The third-order valence-electron chi connectivity index (χ3n) is 6.93. The molecule has 1 aliphatic carbocycles. The van der Waals surface area contributed by atoms with Crippen molar-refractivity contribution < 1.29 is 13.5 Å². The predicted molar refractivity (Wildman–Crippen MR) is 136 cm³/mol. The van der Waals surface area contributed by atoms with Crippen molar-refractivity contribution in [2.45, 2.75) is 38.2 Å². The van der Waals surface area contributed by atoms with Crippen LogP contribution in [-0.4, -0.2) is 65.0 Å². The molecule has 10 heteroatoms. The number of rotatable bonds is 8. The molecule has 1 saturated heterocycles. The average molecular weight is 496 g/mol. The van der Waals surface area contributed by atoms with Gasteiger partial charge in [-0.1, -0.05) is 18.1 Å². The summed E-state index contributed by atoms with van der Waals surface area (Å²) < 4.78 is 35.0. The Labute approximate surface area is 209 Å². The van der Waals surface area contributed by atoms with Crippen LogP contribution in [0.15, 0.2) is 30.3 Å². The normalized spacial score (nSPS) is 20.6. The number of nitrogens with one attached hydrogen (secondary N) is 2. The molecule has 0 radical (unpaired) electrons. The summed E-state index contributed by atoms with van der Waals surface area (Å²) in [5, 5.41) is 6.79. The molecule has 1 saturated carbocycles. The van der Waals surface area contributed by atoms with Crippen LogP contribution in [0, 0.1) is 18.3 Å². The zero-order valence-corrected chi connectivity index (χ0v) is 20.2. The lowest BCUT2D eigenvalue weighted by atomic mass is 9.86. The summed E-state index contributed by atoms with van der Waals surface area (Å²) in [4.78, 5) is 15.7. The minimum absolute atomic E-state index is 0.327. The fraction of sp³-hybridized carbons (Fsp3) is 0.500. The molecule has 0 amide bonds. The highest BCUT2D eigenvalue weighted by molar-refractivity contribution is 5.78. The van der Waals surface area contributed by atoms with Gasteiger partial charge in [-0.3, -0.25) is 4.57 Å². The van der Waals surface area contributed by atoms with Crippen LogP contribution in [0.5, 0.6) is 0 Å². The summed E-state index contributed by atoms with van der Waals surface area (Å²) >= 11 is 0. The Hall–Kier alpha value is -3.29. The summed E-state index contributed by atoms with van der Waals surface area (Å²) in [5.41, 5.74) is 1.09.